The van der Waals surface area contributed by atoms with E-state index in [1.807, 2.05) is 24.3 Å². The van der Waals surface area contributed by atoms with Gasteiger partial charge in [-0.2, -0.15) is 0 Å². The lowest BCUT2D eigenvalue weighted by atomic mass is 10.0. The molecule has 1 N–H and O–H groups in total. The van der Waals surface area contributed by atoms with Crippen LogP contribution in [0.1, 0.15) is 17.3 Å². The minimum atomic E-state index is -0.311. The molecule has 0 fully saturated rings. The van der Waals surface area contributed by atoms with Crippen LogP contribution in [0.2, 0.25) is 0 Å². The molecule has 0 amide bonds. The van der Waals surface area contributed by atoms with Crippen molar-refractivity contribution in [2.75, 3.05) is 6.61 Å². The van der Waals surface area contributed by atoms with Crippen molar-refractivity contribution in [3.8, 4) is 16.9 Å². The Morgan fingerprint density at radius 3 is 2.37 bits per heavy atom. The Kier molecular flexibility index (Phi) is 4.42. The highest BCUT2D eigenvalue weighted by molar-refractivity contribution is 14.1. The van der Waals surface area contributed by atoms with Crippen LogP contribution in [0.15, 0.2) is 42.5 Å². The van der Waals surface area contributed by atoms with Gasteiger partial charge in [-0.3, -0.25) is 0 Å². The van der Waals surface area contributed by atoms with E-state index in [9.17, 15) is 9.90 Å². The Labute approximate surface area is 125 Å². The maximum absolute atomic E-state index is 11.5. The summed E-state index contributed by atoms with van der Waals surface area (Å²) in [6.45, 7) is 2.15. The molecule has 0 spiro atoms. The van der Waals surface area contributed by atoms with Crippen LogP contribution >= 0.6 is 22.6 Å². The minimum absolute atomic E-state index is 0.271. The average Bonchev–Trinajstić information content (AvgIpc) is 2.42. The molecule has 19 heavy (non-hydrogen) atoms. The van der Waals surface area contributed by atoms with Crippen molar-refractivity contribution in [3.63, 3.8) is 0 Å². The Hall–Kier alpha value is -1.56. The highest BCUT2D eigenvalue weighted by Gasteiger charge is 2.07. The molecule has 3 nitrogen and oxygen atoms in total. The molecule has 0 aromatic heterocycles. The maximum atomic E-state index is 11.5. The van der Waals surface area contributed by atoms with Gasteiger partial charge in [-0.1, -0.05) is 18.2 Å². The molecule has 0 bridgehead atoms. The summed E-state index contributed by atoms with van der Waals surface area (Å²) in [5.41, 5.74) is 2.53. The van der Waals surface area contributed by atoms with Gasteiger partial charge in [0, 0.05) is 0 Å². The molecular formula is C15H13IO3. The highest BCUT2D eigenvalue weighted by Crippen LogP contribution is 2.27. The molecule has 0 heterocycles. The lowest BCUT2D eigenvalue weighted by Crippen LogP contribution is -2.03. The fourth-order valence-corrected chi connectivity index (χ4v) is 2.21. The number of rotatable bonds is 3. The predicted molar refractivity (Wildman–Crippen MR) is 82.2 cm³/mol. The number of carbonyl (C=O) groups excluding carboxylic acids is 1. The third-order valence-electron chi connectivity index (χ3n) is 2.68. The zero-order valence-corrected chi connectivity index (χ0v) is 12.5. The lowest BCUT2D eigenvalue weighted by molar-refractivity contribution is 0.0526. The van der Waals surface area contributed by atoms with Gasteiger partial charge in [-0.25, -0.2) is 4.79 Å². The Morgan fingerprint density at radius 2 is 1.79 bits per heavy atom. The fourth-order valence-electron chi connectivity index (χ4n) is 1.70. The van der Waals surface area contributed by atoms with E-state index in [0.29, 0.717) is 12.2 Å². The number of halogens is 1. The second kappa shape index (κ2) is 6.06. The van der Waals surface area contributed by atoms with E-state index < -0.39 is 0 Å². The van der Waals surface area contributed by atoms with Crippen molar-refractivity contribution in [1.82, 2.24) is 0 Å². The number of ether oxygens (including phenoxy) is 1. The topological polar surface area (TPSA) is 46.5 Å². The number of hydrogen-bond acceptors (Lipinski definition) is 3. The Balaban J connectivity index is 2.27. The summed E-state index contributed by atoms with van der Waals surface area (Å²) in [4.78, 5) is 11.5. The molecule has 0 radical (unpaired) electrons. The van der Waals surface area contributed by atoms with Gasteiger partial charge >= 0.3 is 5.97 Å². The molecular weight excluding hydrogens is 355 g/mol. The van der Waals surface area contributed by atoms with E-state index in [0.717, 1.165) is 14.7 Å². The van der Waals surface area contributed by atoms with Gasteiger partial charge in [0.15, 0.2) is 0 Å². The van der Waals surface area contributed by atoms with Crippen molar-refractivity contribution in [2.24, 2.45) is 0 Å². The molecule has 0 atom stereocenters. The molecule has 0 aliphatic rings. The van der Waals surface area contributed by atoms with Crippen molar-refractivity contribution < 1.29 is 14.6 Å². The summed E-state index contributed by atoms with van der Waals surface area (Å²) >= 11 is 2.08. The average molecular weight is 368 g/mol. The zero-order valence-electron chi connectivity index (χ0n) is 10.4. The standard InChI is InChI=1S/C15H13IO3/c1-2-19-15(18)11-5-3-10(4-6-11)12-7-8-14(17)13(16)9-12/h3-9,17H,2H2,1H3. The van der Waals surface area contributed by atoms with Gasteiger partial charge in [0.05, 0.1) is 15.7 Å². The van der Waals surface area contributed by atoms with E-state index >= 15 is 0 Å². The Morgan fingerprint density at radius 1 is 1.16 bits per heavy atom. The van der Waals surface area contributed by atoms with Crippen LogP contribution in [-0.2, 0) is 4.74 Å². The highest BCUT2D eigenvalue weighted by atomic mass is 127. The van der Waals surface area contributed by atoms with Crippen LogP contribution in [0.3, 0.4) is 0 Å². The second-order valence-electron chi connectivity index (χ2n) is 3.96. The molecule has 0 aliphatic heterocycles. The SMILES string of the molecule is CCOC(=O)c1ccc(-c2ccc(O)c(I)c2)cc1. The Bertz CT molecular complexity index is 591. The number of aromatic hydroxyl groups is 1. The molecule has 2 aromatic carbocycles. The number of phenols is 1. The molecule has 0 saturated carbocycles. The van der Waals surface area contributed by atoms with Crippen LogP contribution in [0, 0.1) is 3.57 Å². The molecule has 0 unspecified atom stereocenters. The van der Waals surface area contributed by atoms with Gasteiger partial charge in [0.2, 0.25) is 0 Å². The summed E-state index contributed by atoms with van der Waals surface area (Å²) in [5, 5.41) is 9.50. The van der Waals surface area contributed by atoms with Crippen LogP contribution in [0.4, 0.5) is 0 Å². The first kappa shape index (κ1) is 13.9. The summed E-state index contributed by atoms with van der Waals surface area (Å²) in [5.74, 6) is -0.0400. The molecule has 0 aliphatic carbocycles. The number of phenolic OH excluding ortho intramolecular Hbond substituents is 1. The summed E-state index contributed by atoms with van der Waals surface area (Å²) in [6.07, 6.45) is 0. The van der Waals surface area contributed by atoms with Crippen LogP contribution in [0.5, 0.6) is 5.75 Å². The summed E-state index contributed by atoms with van der Waals surface area (Å²) in [6, 6.07) is 12.6. The molecule has 0 saturated heterocycles. The number of hydrogen-bond donors (Lipinski definition) is 1. The third kappa shape index (κ3) is 3.26. The molecule has 2 aromatic rings. The first-order chi connectivity index (χ1) is 9.11. The fraction of sp³-hybridized carbons (Fsp3) is 0.133. The smallest absolute Gasteiger partial charge is 0.338 e. The van der Waals surface area contributed by atoms with Crippen molar-refractivity contribution in [1.29, 1.82) is 0 Å². The number of esters is 1. The van der Waals surface area contributed by atoms with E-state index in [4.69, 9.17) is 4.74 Å². The van der Waals surface area contributed by atoms with Crippen molar-refractivity contribution in [2.45, 2.75) is 6.92 Å². The van der Waals surface area contributed by atoms with Gasteiger partial charge in [-0.15, -0.1) is 0 Å². The normalized spacial score (nSPS) is 10.2. The quantitative estimate of drug-likeness (QED) is 0.662. The summed E-state index contributed by atoms with van der Waals surface area (Å²) < 4.78 is 5.73. The van der Waals surface area contributed by atoms with E-state index in [1.54, 1.807) is 25.1 Å². The number of benzene rings is 2. The van der Waals surface area contributed by atoms with Gasteiger partial charge in [-0.05, 0) is 64.9 Å². The van der Waals surface area contributed by atoms with Gasteiger partial charge < -0.3 is 9.84 Å². The van der Waals surface area contributed by atoms with Crippen LogP contribution in [0.25, 0.3) is 11.1 Å². The monoisotopic (exact) mass is 368 g/mol. The van der Waals surface area contributed by atoms with Crippen molar-refractivity contribution in [3.05, 3.63) is 51.6 Å². The first-order valence-corrected chi connectivity index (χ1v) is 6.95. The van der Waals surface area contributed by atoms with Gasteiger partial charge in [0.1, 0.15) is 5.75 Å². The van der Waals surface area contributed by atoms with Crippen LogP contribution < -0.4 is 0 Å². The molecule has 98 valence electrons. The maximum Gasteiger partial charge on any atom is 0.338 e. The lowest BCUT2D eigenvalue weighted by Gasteiger charge is -2.06. The largest absolute Gasteiger partial charge is 0.507 e. The predicted octanol–water partition coefficient (Wildman–Crippen LogP) is 3.84. The van der Waals surface area contributed by atoms with E-state index in [1.165, 1.54) is 0 Å². The van der Waals surface area contributed by atoms with Gasteiger partial charge in [0.25, 0.3) is 0 Å². The third-order valence-corrected chi connectivity index (χ3v) is 3.54. The minimum Gasteiger partial charge on any atom is -0.507 e. The summed E-state index contributed by atoms with van der Waals surface area (Å²) in [7, 11) is 0. The molecule has 4 heteroatoms. The van der Waals surface area contributed by atoms with Crippen LogP contribution in [-0.4, -0.2) is 17.7 Å². The number of carbonyl (C=O) groups is 1. The zero-order chi connectivity index (χ0) is 13.8. The van der Waals surface area contributed by atoms with Crippen molar-refractivity contribution >= 4 is 28.6 Å². The second-order valence-corrected chi connectivity index (χ2v) is 5.13. The van der Waals surface area contributed by atoms with E-state index in [-0.39, 0.29) is 11.7 Å². The van der Waals surface area contributed by atoms with E-state index in [2.05, 4.69) is 22.6 Å². The first-order valence-electron chi connectivity index (χ1n) is 5.88. The molecule has 2 rings (SSSR count).